The zero-order chi connectivity index (χ0) is 19.4. The van der Waals surface area contributed by atoms with E-state index in [9.17, 15) is 19.5 Å². The second-order valence-electron chi connectivity index (χ2n) is 5.89. The number of esters is 1. The average molecular weight is 409 g/mol. The second-order valence-corrected chi connectivity index (χ2v) is 7.27. The standard InChI is InChI=1S/C18H17ClN2O5S/c19-12-3-4-14(22)13(10-12)18(25)26-11-16(23)20-5-7-21(8-6-20)17(24)15-2-1-9-27-15/h1-4,9-10,22H,5-8,11H2. The van der Waals surface area contributed by atoms with Gasteiger partial charge in [0.1, 0.15) is 11.3 Å². The Hall–Kier alpha value is -2.58. The predicted octanol–water partition coefficient (Wildman–Crippen LogP) is 2.25. The van der Waals surface area contributed by atoms with Gasteiger partial charge >= 0.3 is 5.97 Å². The highest BCUT2D eigenvalue weighted by Crippen LogP contribution is 2.22. The van der Waals surface area contributed by atoms with Gasteiger partial charge in [-0.2, -0.15) is 0 Å². The van der Waals surface area contributed by atoms with E-state index in [4.69, 9.17) is 16.3 Å². The molecule has 1 aromatic carbocycles. The van der Waals surface area contributed by atoms with E-state index in [1.807, 2.05) is 11.4 Å². The Kier molecular flexibility index (Phi) is 5.98. The molecule has 2 heterocycles. The van der Waals surface area contributed by atoms with Gasteiger partial charge in [0.25, 0.3) is 11.8 Å². The maximum atomic E-state index is 12.3. The lowest BCUT2D eigenvalue weighted by Gasteiger charge is -2.34. The van der Waals surface area contributed by atoms with E-state index >= 15 is 0 Å². The first-order valence-electron chi connectivity index (χ1n) is 8.22. The Balaban J connectivity index is 1.49. The van der Waals surface area contributed by atoms with Crippen molar-refractivity contribution in [2.24, 2.45) is 0 Å². The molecule has 1 aliphatic heterocycles. The minimum Gasteiger partial charge on any atom is -0.507 e. The van der Waals surface area contributed by atoms with Crippen molar-refractivity contribution in [3.63, 3.8) is 0 Å². The number of thiophene rings is 1. The molecule has 2 aromatic rings. The molecule has 3 rings (SSSR count). The van der Waals surface area contributed by atoms with Crippen LogP contribution >= 0.6 is 22.9 Å². The highest BCUT2D eigenvalue weighted by molar-refractivity contribution is 7.12. The van der Waals surface area contributed by atoms with Crippen molar-refractivity contribution >= 4 is 40.7 Å². The number of hydrogen-bond donors (Lipinski definition) is 1. The fourth-order valence-corrected chi connectivity index (χ4v) is 3.55. The summed E-state index contributed by atoms with van der Waals surface area (Å²) in [5.41, 5.74) is -0.0957. The average Bonchev–Trinajstić information content (AvgIpc) is 3.22. The van der Waals surface area contributed by atoms with Crippen LogP contribution in [-0.4, -0.2) is 65.5 Å². The minimum atomic E-state index is -0.824. The van der Waals surface area contributed by atoms with Gasteiger partial charge in [-0.25, -0.2) is 4.79 Å². The number of phenols is 1. The maximum Gasteiger partial charge on any atom is 0.342 e. The van der Waals surface area contributed by atoms with Crippen LogP contribution in [0.3, 0.4) is 0 Å². The smallest absolute Gasteiger partial charge is 0.342 e. The molecule has 142 valence electrons. The van der Waals surface area contributed by atoms with Gasteiger partial charge in [-0.05, 0) is 29.6 Å². The molecular weight excluding hydrogens is 392 g/mol. The summed E-state index contributed by atoms with van der Waals surface area (Å²) in [5, 5.41) is 11.8. The Labute approximate surface area is 164 Å². The van der Waals surface area contributed by atoms with Crippen molar-refractivity contribution in [2.45, 2.75) is 0 Å². The first-order valence-corrected chi connectivity index (χ1v) is 9.47. The van der Waals surface area contributed by atoms with E-state index in [-0.39, 0.29) is 28.1 Å². The lowest BCUT2D eigenvalue weighted by Crippen LogP contribution is -2.51. The lowest BCUT2D eigenvalue weighted by atomic mass is 10.2. The summed E-state index contributed by atoms with van der Waals surface area (Å²) in [6, 6.07) is 7.60. The number of benzene rings is 1. The van der Waals surface area contributed by atoms with Crippen LogP contribution in [0.2, 0.25) is 5.02 Å². The van der Waals surface area contributed by atoms with E-state index in [0.717, 1.165) is 0 Å². The molecule has 0 aliphatic carbocycles. The SMILES string of the molecule is O=C(OCC(=O)N1CCN(C(=O)c2cccs2)CC1)c1cc(Cl)ccc1O. The predicted molar refractivity (Wildman–Crippen MR) is 100 cm³/mol. The molecule has 0 saturated carbocycles. The molecule has 7 nitrogen and oxygen atoms in total. The van der Waals surface area contributed by atoms with E-state index in [1.54, 1.807) is 15.9 Å². The number of hydrogen-bond acceptors (Lipinski definition) is 6. The second kappa shape index (κ2) is 8.41. The summed E-state index contributed by atoms with van der Waals surface area (Å²) >= 11 is 7.18. The van der Waals surface area contributed by atoms with Gasteiger partial charge in [-0.15, -0.1) is 11.3 Å². The number of piperazine rings is 1. The third-order valence-corrected chi connectivity index (χ3v) is 5.25. The molecule has 1 saturated heterocycles. The first kappa shape index (κ1) is 19.2. The van der Waals surface area contributed by atoms with Gasteiger partial charge in [0.2, 0.25) is 0 Å². The quantitative estimate of drug-likeness (QED) is 0.784. The summed E-state index contributed by atoms with van der Waals surface area (Å²) in [6.45, 7) is 1.15. The highest BCUT2D eigenvalue weighted by Gasteiger charge is 2.26. The first-order chi connectivity index (χ1) is 13.0. The normalized spacial score (nSPS) is 14.1. The van der Waals surface area contributed by atoms with Crippen LogP contribution in [0.4, 0.5) is 0 Å². The number of amides is 2. The molecule has 27 heavy (non-hydrogen) atoms. The van der Waals surface area contributed by atoms with Gasteiger partial charge in [0, 0.05) is 31.2 Å². The van der Waals surface area contributed by atoms with Crippen LogP contribution < -0.4 is 0 Å². The molecule has 0 bridgehead atoms. The fraction of sp³-hybridized carbons (Fsp3) is 0.278. The summed E-state index contributed by atoms with van der Waals surface area (Å²) in [5.74, 6) is -1.49. The maximum absolute atomic E-state index is 12.3. The summed E-state index contributed by atoms with van der Waals surface area (Å²) in [7, 11) is 0. The van der Waals surface area contributed by atoms with Crippen molar-refractivity contribution in [3.8, 4) is 5.75 Å². The van der Waals surface area contributed by atoms with Crippen LogP contribution in [0.5, 0.6) is 5.75 Å². The molecule has 2 amide bonds. The number of aromatic hydroxyl groups is 1. The van der Waals surface area contributed by atoms with Crippen molar-refractivity contribution in [1.82, 2.24) is 9.80 Å². The van der Waals surface area contributed by atoms with Gasteiger partial charge in [-0.1, -0.05) is 17.7 Å². The zero-order valence-corrected chi connectivity index (χ0v) is 15.8. The number of nitrogens with zero attached hydrogens (tertiary/aromatic N) is 2. The molecule has 0 atom stereocenters. The van der Waals surface area contributed by atoms with Crippen LogP contribution in [-0.2, 0) is 9.53 Å². The van der Waals surface area contributed by atoms with Crippen LogP contribution in [0.1, 0.15) is 20.0 Å². The molecule has 0 radical (unpaired) electrons. The van der Waals surface area contributed by atoms with Crippen molar-refractivity contribution < 1.29 is 24.2 Å². The summed E-state index contributed by atoms with van der Waals surface area (Å²) < 4.78 is 4.98. The molecule has 9 heteroatoms. The monoisotopic (exact) mass is 408 g/mol. The number of carbonyl (C=O) groups is 3. The van der Waals surface area contributed by atoms with E-state index in [2.05, 4.69) is 0 Å². The Morgan fingerprint density at radius 3 is 2.48 bits per heavy atom. The lowest BCUT2D eigenvalue weighted by molar-refractivity contribution is -0.136. The number of ether oxygens (including phenoxy) is 1. The van der Waals surface area contributed by atoms with E-state index < -0.39 is 12.6 Å². The Morgan fingerprint density at radius 2 is 1.81 bits per heavy atom. The molecule has 1 fully saturated rings. The summed E-state index contributed by atoms with van der Waals surface area (Å²) in [4.78, 5) is 40.5. The number of rotatable bonds is 4. The Morgan fingerprint density at radius 1 is 1.11 bits per heavy atom. The summed E-state index contributed by atoms with van der Waals surface area (Å²) in [6.07, 6.45) is 0. The van der Waals surface area contributed by atoms with Gasteiger partial charge in [0.05, 0.1) is 4.88 Å². The van der Waals surface area contributed by atoms with Crippen molar-refractivity contribution in [1.29, 1.82) is 0 Å². The molecule has 0 spiro atoms. The van der Waals surface area contributed by atoms with Gasteiger partial charge < -0.3 is 19.6 Å². The van der Waals surface area contributed by atoms with Crippen LogP contribution in [0, 0.1) is 0 Å². The van der Waals surface area contributed by atoms with E-state index in [1.165, 1.54) is 29.5 Å². The topological polar surface area (TPSA) is 87.2 Å². The third-order valence-electron chi connectivity index (χ3n) is 4.16. The minimum absolute atomic E-state index is 0.0417. The van der Waals surface area contributed by atoms with E-state index in [0.29, 0.717) is 31.1 Å². The molecule has 1 N–H and O–H groups in total. The largest absolute Gasteiger partial charge is 0.507 e. The Bertz CT molecular complexity index is 847. The number of carbonyl (C=O) groups excluding carboxylic acids is 3. The van der Waals surface area contributed by atoms with Crippen LogP contribution in [0.15, 0.2) is 35.7 Å². The molecule has 1 aromatic heterocycles. The third kappa shape index (κ3) is 4.58. The number of phenolic OH excluding ortho intramolecular Hbond substituents is 1. The zero-order valence-electron chi connectivity index (χ0n) is 14.3. The fourth-order valence-electron chi connectivity index (χ4n) is 2.68. The molecular formula is C18H17ClN2O5S. The van der Waals surface area contributed by atoms with Crippen molar-refractivity contribution in [3.05, 3.63) is 51.2 Å². The van der Waals surface area contributed by atoms with Crippen LogP contribution in [0.25, 0.3) is 0 Å². The molecule has 1 aliphatic rings. The highest BCUT2D eigenvalue weighted by atomic mass is 35.5. The van der Waals surface area contributed by atoms with Gasteiger partial charge in [-0.3, -0.25) is 9.59 Å². The number of halogens is 1. The van der Waals surface area contributed by atoms with Gasteiger partial charge in [0.15, 0.2) is 6.61 Å². The van der Waals surface area contributed by atoms with Crippen molar-refractivity contribution in [2.75, 3.05) is 32.8 Å². The molecule has 0 unspecified atom stereocenters.